The van der Waals surface area contributed by atoms with E-state index in [2.05, 4.69) is 37.2 Å². The second-order valence-electron chi connectivity index (χ2n) is 3.82. The van der Waals surface area contributed by atoms with Crippen molar-refractivity contribution < 1.29 is 14.6 Å². The molecule has 1 heterocycles. The molecule has 0 spiro atoms. The molecular formula is C11H13Br2NO3. The van der Waals surface area contributed by atoms with E-state index < -0.39 is 6.10 Å². The molecule has 0 radical (unpaired) electrons. The SMILES string of the molecule is COc1cc(NC2COCC2O)c(Br)cc1Br. The lowest BCUT2D eigenvalue weighted by molar-refractivity contribution is 0.125. The molecule has 1 aliphatic heterocycles. The number of aliphatic hydroxyl groups excluding tert-OH is 1. The van der Waals surface area contributed by atoms with Gasteiger partial charge >= 0.3 is 0 Å². The van der Waals surface area contributed by atoms with Crippen LogP contribution in [0.1, 0.15) is 0 Å². The minimum atomic E-state index is -0.475. The number of anilines is 1. The maximum atomic E-state index is 9.68. The molecule has 6 heteroatoms. The van der Waals surface area contributed by atoms with Gasteiger partial charge in [0.2, 0.25) is 0 Å². The molecule has 0 aliphatic carbocycles. The van der Waals surface area contributed by atoms with Crippen molar-refractivity contribution in [2.75, 3.05) is 25.6 Å². The lowest BCUT2D eigenvalue weighted by Crippen LogP contribution is -2.31. The molecule has 4 nitrogen and oxygen atoms in total. The minimum Gasteiger partial charge on any atom is -0.495 e. The maximum Gasteiger partial charge on any atom is 0.135 e. The molecule has 2 unspecified atom stereocenters. The summed E-state index contributed by atoms with van der Waals surface area (Å²) in [5, 5.41) is 12.9. The second-order valence-corrected chi connectivity index (χ2v) is 5.53. The van der Waals surface area contributed by atoms with Crippen LogP contribution >= 0.6 is 31.9 Å². The van der Waals surface area contributed by atoms with Crippen LogP contribution < -0.4 is 10.1 Å². The molecule has 0 bridgehead atoms. The van der Waals surface area contributed by atoms with Gasteiger partial charge in [-0.25, -0.2) is 0 Å². The standard InChI is InChI=1S/C11H13Br2NO3/c1-16-11-3-8(6(12)2-7(11)13)14-9-4-17-5-10(9)15/h2-3,9-10,14-15H,4-5H2,1H3. The summed E-state index contributed by atoms with van der Waals surface area (Å²) in [6, 6.07) is 3.69. The molecule has 1 saturated heterocycles. The van der Waals surface area contributed by atoms with E-state index in [1.165, 1.54) is 0 Å². The van der Waals surface area contributed by atoms with Gasteiger partial charge in [0, 0.05) is 10.5 Å². The van der Waals surface area contributed by atoms with Crippen molar-refractivity contribution in [3.63, 3.8) is 0 Å². The summed E-state index contributed by atoms with van der Waals surface area (Å²) in [4.78, 5) is 0. The first kappa shape index (κ1) is 13.1. The Labute approximate surface area is 117 Å². The van der Waals surface area contributed by atoms with Crippen LogP contribution in [0, 0.1) is 0 Å². The molecule has 94 valence electrons. The minimum absolute atomic E-state index is 0.0859. The van der Waals surface area contributed by atoms with Gasteiger partial charge in [-0.1, -0.05) is 0 Å². The Balaban J connectivity index is 2.20. The summed E-state index contributed by atoms with van der Waals surface area (Å²) in [6.07, 6.45) is -0.475. The van der Waals surface area contributed by atoms with Gasteiger partial charge in [-0.3, -0.25) is 0 Å². The Morgan fingerprint density at radius 1 is 1.35 bits per heavy atom. The Morgan fingerprint density at radius 3 is 2.71 bits per heavy atom. The monoisotopic (exact) mass is 365 g/mol. The van der Waals surface area contributed by atoms with Crippen LogP contribution in [-0.4, -0.2) is 37.6 Å². The van der Waals surface area contributed by atoms with Crippen LogP contribution in [0.3, 0.4) is 0 Å². The summed E-state index contributed by atoms with van der Waals surface area (Å²) >= 11 is 6.88. The van der Waals surface area contributed by atoms with Crippen LogP contribution in [0.2, 0.25) is 0 Å². The number of methoxy groups -OCH3 is 1. The zero-order valence-electron chi connectivity index (χ0n) is 9.24. The number of ether oxygens (including phenoxy) is 2. The van der Waals surface area contributed by atoms with E-state index >= 15 is 0 Å². The fraction of sp³-hybridized carbons (Fsp3) is 0.455. The van der Waals surface area contributed by atoms with Crippen LogP contribution in [0.25, 0.3) is 0 Å². The summed E-state index contributed by atoms with van der Waals surface area (Å²) in [7, 11) is 1.62. The lowest BCUT2D eigenvalue weighted by Gasteiger charge is -2.18. The molecule has 1 aromatic rings. The lowest BCUT2D eigenvalue weighted by atomic mass is 10.2. The first-order valence-corrected chi connectivity index (χ1v) is 6.76. The number of hydrogen-bond donors (Lipinski definition) is 2. The molecule has 17 heavy (non-hydrogen) atoms. The van der Waals surface area contributed by atoms with E-state index in [4.69, 9.17) is 9.47 Å². The number of hydrogen-bond acceptors (Lipinski definition) is 4. The van der Waals surface area contributed by atoms with Crippen molar-refractivity contribution in [3.05, 3.63) is 21.1 Å². The maximum absolute atomic E-state index is 9.68. The first-order chi connectivity index (χ1) is 8.11. The average Bonchev–Trinajstić information content (AvgIpc) is 2.68. The molecule has 1 aromatic carbocycles. The number of halogens is 2. The molecule has 1 aliphatic rings. The van der Waals surface area contributed by atoms with Gasteiger partial charge in [0.15, 0.2) is 0 Å². The van der Waals surface area contributed by atoms with Crippen LogP contribution in [0.5, 0.6) is 5.75 Å². The van der Waals surface area contributed by atoms with Gasteiger partial charge in [-0.2, -0.15) is 0 Å². The molecule has 1 fully saturated rings. The zero-order valence-corrected chi connectivity index (χ0v) is 12.4. The Kier molecular flexibility index (Phi) is 4.30. The highest BCUT2D eigenvalue weighted by Gasteiger charge is 2.26. The van der Waals surface area contributed by atoms with E-state index in [0.717, 1.165) is 20.4 Å². The number of nitrogens with one attached hydrogen (secondary N) is 1. The van der Waals surface area contributed by atoms with Gasteiger partial charge in [0.05, 0.1) is 42.6 Å². The summed E-state index contributed by atoms with van der Waals surface area (Å²) in [6.45, 7) is 0.884. The topological polar surface area (TPSA) is 50.7 Å². The van der Waals surface area contributed by atoms with E-state index in [9.17, 15) is 5.11 Å². The van der Waals surface area contributed by atoms with Crippen molar-refractivity contribution >= 4 is 37.5 Å². The highest BCUT2D eigenvalue weighted by molar-refractivity contribution is 9.11. The van der Waals surface area contributed by atoms with E-state index in [1.807, 2.05) is 12.1 Å². The fourth-order valence-corrected chi connectivity index (χ4v) is 2.95. The van der Waals surface area contributed by atoms with Crippen LogP contribution in [-0.2, 0) is 4.74 Å². The normalized spacial score (nSPS) is 23.8. The van der Waals surface area contributed by atoms with Gasteiger partial charge in [-0.15, -0.1) is 0 Å². The summed E-state index contributed by atoms with van der Waals surface area (Å²) in [5.41, 5.74) is 0.875. The van der Waals surface area contributed by atoms with Crippen molar-refractivity contribution in [1.82, 2.24) is 0 Å². The second kappa shape index (κ2) is 5.56. The summed E-state index contributed by atoms with van der Waals surface area (Å²) < 4.78 is 12.2. The highest BCUT2D eigenvalue weighted by Crippen LogP contribution is 2.35. The predicted octanol–water partition coefficient (Wildman–Crippen LogP) is 2.39. The van der Waals surface area contributed by atoms with E-state index in [0.29, 0.717) is 13.2 Å². The quantitative estimate of drug-likeness (QED) is 0.862. The summed E-state index contributed by atoms with van der Waals surface area (Å²) in [5.74, 6) is 0.740. The van der Waals surface area contributed by atoms with Gasteiger partial charge in [-0.05, 0) is 37.9 Å². The Hall–Kier alpha value is -0.300. The third-order valence-electron chi connectivity index (χ3n) is 2.63. The molecule has 2 N–H and O–H groups in total. The molecule has 0 aromatic heterocycles. The predicted molar refractivity (Wildman–Crippen MR) is 72.6 cm³/mol. The molecule has 0 saturated carbocycles. The van der Waals surface area contributed by atoms with Crippen LogP contribution in [0.4, 0.5) is 5.69 Å². The average molecular weight is 367 g/mol. The van der Waals surface area contributed by atoms with E-state index in [-0.39, 0.29) is 6.04 Å². The van der Waals surface area contributed by atoms with E-state index in [1.54, 1.807) is 7.11 Å². The number of benzene rings is 1. The van der Waals surface area contributed by atoms with Crippen molar-refractivity contribution in [3.8, 4) is 5.75 Å². The van der Waals surface area contributed by atoms with Gasteiger partial charge < -0.3 is 19.9 Å². The number of aliphatic hydroxyl groups is 1. The Bertz CT molecular complexity index is 414. The third kappa shape index (κ3) is 2.93. The van der Waals surface area contributed by atoms with Crippen molar-refractivity contribution in [2.45, 2.75) is 12.1 Å². The molecule has 2 rings (SSSR count). The highest BCUT2D eigenvalue weighted by atomic mass is 79.9. The largest absolute Gasteiger partial charge is 0.495 e. The van der Waals surface area contributed by atoms with Crippen molar-refractivity contribution in [2.24, 2.45) is 0 Å². The van der Waals surface area contributed by atoms with Gasteiger partial charge in [0.1, 0.15) is 5.75 Å². The Morgan fingerprint density at radius 2 is 2.12 bits per heavy atom. The zero-order chi connectivity index (χ0) is 12.4. The molecule has 0 amide bonds. The fourth-order valence-electron chi connectivity index (χ4n) is 1.68. The van der Waals surface area contributed by atoms with Crippen molar-refractivity contribution in [1.29, 1.82) is 0 Å². The van der Waals surface area contributed by atoms with Crippen LogP contribution in [0.15, 0.2) is 21.1 Å². The molecule has 2 atom stereocenters. The number of rotatable bonds is 3. The molecular weight excluding hydrogens is 354 g/mol. The smallest absolute Gasteiger partial charge is 0.135 e. The first-order valence-electron chi connectivity index (χ1n) is 5.17. The third-order valence-corrected chi connectivity index (χ3v) is 3.91. The van der Waals surface area contributed by atoms with Gasteiger partial charge in [0.25, 0.3) is 0 Å².